The summed E-state index contributed by atoms with van der Waals surface area (Å²) < 4.78 is 6.43. The van der Waals surface area contributed by atoms with Crippen LogP contribution in [-0.4, -0.2) is 57.6 Å². The molecule has 2 unspecified atom stereocenters. The minimum absolute atomic E-state index is 0.124. The molecule has 3 aromatic rings. The maximum atomic E-state index is 12.2. The Hall–Kier alpha value is -2.85. The average molecular weight is 470 g/mol. The van der Waals surface area contributed by atoms with Crippen LogP contribution in [0.4, 0.5) is 11.8 Å². The Kier molecular flexibility index (Phi) is 4.95. The van der Waals surface area contributed by atoms with E-state index < -0.39 is 0 Å². The van der Waals surface area contributed by atoms with E-state index in [1.807, 2.05) is 19.1 Å². The Balaban J connectivity index is 1.28. The zero-order valence-corrected chi connectivity index (χ0v) is 17.9. The van der Waals surface area contributed by atoms with Gasteiger partial charge in [0.2, 0.25) is 5.95 Å². The lowest BCUT2D eigenvalue weighted by Gasteiger charge is -2.27. The number of hydrogen-bond donors (Lipinski definition) is 2. The third-order valence-corrected chi connectivity index (χ3v) is 5.86. The lowest BCUT2D eigenvalue weighted by atomic mass is 10.2. The molecule has 5 rings (SSSR count). The van der Waals surface area contributed by atoms with Gasteiger partial charge in [-0.1, -0.05) is 15.9 Å². The summed E-state index contributed by atoms with van der Waals surface area (Å²) in [4.78, 5) is 32.6. The van der Waals surface area contributed by atoms with Crippen molar-refractivity contribution < 1.29 is 9.53 Å². The molecule has 4 heterocycles. The lowest BCUT2D eigenvalue weighted by Crippen LogP contribution is -2.44. The van der Waals surface area contributed by atoms with Crippen LogP contribution in [0.15, 0.2) is 34.9 Å². The molecule has 2 N–H and O–H groups in total. The van der Waals surface area contributed by atoms with Crippen LogP contribution < -0.4 is 20.3 Å². The van der Waals surface area contributed by atoms with E-state index in [9.17, 15) is 4.79 Å². The highest BCUT2D eigenvalue weighted by Gasteiger charge is 2.39. The maximum absolute atomic E-state index is 12.2. The number of aryl methyl sites for hydroxylation is 1. The minimum Gasteiger partial charge on any atom is -0.484 e. The van der Waals surface area contributed by atoms with E-state index in [2.05, 4.69) is 51.4 Å². The van der Waals surface area contributed by atoms with Crippen LogP contribution in [0.5, 0.6) is 5.75 Å². The molecule has 2 atom stereocenters. The Labute approximate surface area is 181 Å². The molecule has 1 aromatic carbocycles. The van der Waals surface area contributed by atoms with Crippen LogP contribution in [0.2, 0.25) is 0 Å². The number of anilines is 2. The molecule has 0 aliphatic carbocycles. The molecule has 0 saturated carbocycles. The van der Waals surface area contributed by atoms with E-state index in [4.69, 9.17) is 4.74 Å². The topological polar surface area (TPSA) is 105 Å². The Morgan fingerprint density at radius 2 is 2.13 bits per heavy atom. The summed E-state index contributed by atoms with van der Waals surface area (Å²) in [6, 6.07) is 8.22. The molecule has 2 aliphatic rings. The third kappa shape index (κ3) is 3.80. The largest absolute Gasteiger partial charge is 0.484 e. The van der Waals surface area contributed by atoms with Gasteiger partial charge in [-0.15, -0.1) is 0 Å². The van der Waals surface area contributed by atoms with E-state index in [0.717, 1.165) is 29.7 Å². The smallest absolute Gasteiger partial charge is 0.263 e. The van der Waals surface area contributed by atoms with Crippen LogP contribution in [0.1, 0.15) is 12.1 Å². The van der Waals surface area contributed by atoms with Gasteiger partial charge in [0.15, 0.2) is 18.1 Å². The summed E-state index contributed by atoms with van der Waals surface area (Å²) in [5, 5.41) is 6.19. The lowest BCUT2D eigenvalue weighted by molar-refractivity contribution is -0.118. The highest BCUT2D eigenvalue weighted by molar-refractivity contribution is 9.10. The van der Waals surface area contributed by atoms with Gasteiger partial charge in [-0.25, -0.2) is 15.0 Å². The van der Waals surface area contributed by atoms with Crippen molar-refractivity contribution in [2.75, 3.05) is 29.9 Å². The zero-order valence-electron chi connectivity index (χ0n) is 16.3. The summed E-state index contributed by atoms with van der Waals surface area (Å²) in [6.45, 7) is 3.64. The van der Waals surface area contributed by atoms with Gasteiger partial charge in [0.05, 0.1) is 11.9 Å². The Morgan fingerprint density at radius 1 is 1.30 bits per heavy atom. The highest BCUT2D eigenvalue weighted by Crippen LogP contribution is 2.28. The van der Waals surface area contributed by atoms with E-state index in [0.29, 0.717) is 40.8 Å². The minimum atomic E-state index is -0.317. The second-order valence-electron chi connectivity index (χ2n) is 7.47. The van der Waals surface area contributed by atoms with Gasteiger partial charge in [0, 0.05) is 29.6 Å². The van der Waals surface area contributed by atoms with Gasteiger partial charge in [0.1, 0.15) is 11.3 Å². The van der Waals surface area contributed by atoms with E-state index in [1.54, 1.807) is 12.1 Å². The molecule has 10 heteroatoms. The van der Waals surface area contributed by atoms with Crippen LogP contribution in [0.3, 0.4) is 0 Å². The van der Waals surface area contributed by atoms with Gasteiger partial charge in [-0.2, -0.15) is 4.98 Å². The second kappa shape index (κ2) is 7.77. The number of fused-ring (bicyclic) bond motifs is 3. The number of nitrogens with zero attached hydrogens (tertiary/aromatic N) is 5. The molecule has 2 saturated heterocycles. The number of carbonyl (C=O) groups excluding carboxylic acids is 1. The fourth-order valence-electron chi connectivity index (χ4n) is 3.88. The first-order chi connectivity index (χ1) is 14.5. The number of aromatic nitrogens is 4. The predicted molar refractivity (Wildman–Crippen MR) is 116 cm³/mol. The highest BCUT2D eigenvalue weighted by atomic mass is 79.9. The van der Waals surface area contributed by atoms with Gasteiger partial charge in [-0.3, -0.25) is 4.79 Å². The van der Waals surface area contributed by atoms with Crippen molar-refractivity contribution in [1.82, 2.24) is 25.3 Å². The van der Waals surface area contributed by atoms with Crippen molar-refractivity contribution in [3.05, 3.63) is 40.6 Å². The number of ether oxygens (including phenoxy) is 1. The third-order valence-electron chi connectivity index (χ3n) is 5.33. The Morgan fingerprint density at radius 3 is 2.87 bits per heavy atom. The number of halogens is 1. The van der Waals surface area contributed by atoms with Crippen molar-refractivity contribution >= 4 is 44.8 Å². The van der Waals surface area contributed by atoms with Gasteiger partial charge in [-0.05, 0) is 37.6 Å². The van der Waals surface area contributed by atoms with Crippen LogP contribution in [-0.2, 0) is 4.79 Å². The van der Waals surface area contributed by atoms with Crippen molar-refractivity contribution in [3.8, 4) is 5.75 Å². The molecule has 9 nitrogen and oxygen atoms in total. The van der Waals surface area contributed by atoms with Gasteiger partial charge < -0.3 is 20.3 Å². The molecule has 2 aromatic heterocycles. The summed E-state index contributed by atoms with van der Waals surface area (Å²) in [5.41, 5.74) is 1.84. The molecule has 2 bridgehead atoms. The molecule has 1 amide bonds. The fraction of sp³-hybridized carbons (Fsp3) is 0.350. The average Bonchev–Trinajstić information content (AvgIpc) is 3.37. The normalized spacial score (nSPS) is 20.0. The fourth-order valence-corrected chi connectivity index (χ4v) is 4.15. The second-order valence-corrected chi connectivity index (χ2v) is 8.39. The first-order valence-electron chi connectivity index (χ1n) is 9.75. The molecule has 2 fully saturated rings. The summed E-state index contributed by atoms with van der Waals surface area (Å²) in [6.07, 6.45) is 2.63. The maximum Gasteiger partial charge on any atom is 0.263 e. The summed E-state index contributed by atoms with van der Waals surface area (Å²) >= 11 is 3.36. The monoisotopic (exact) mass is 469 g/mol. The number of amides is 1. The van der Waals surface area contributed by atoms with Crippen LogP contribution in [0, 0.1) is 6.92 Å². The van der Waals surface area contributed by atoms with Gasteiger partial charge in [0.25, 0.3) is 5.91 Å². The molecule has 2 aliphatic heterocycles. The molecule has 30 heavy (non-hydrogen) atoms. The number of carbonyl (C=O) groups is 1. The predicted octanol–water partition coefficient (Wildman–Crippen LogP) is 2.06. The number of benzene rings is 1. The van der Waals surface area contributed by atoms with Crippen molar-refractivity contribution in [2.24, 2.45) is 0 Å². The van der Waals surface area contributed by atoms with Gasteiger partial charge >= 0.3 is 0 Å². The number of hydrogen-bond acceptors (Lipinski definition) is 8. The molecular formula is C20H20BrN7O2. The van der Waals surface area contributed by atoms with Crippen molar-refractivity contribution in [2.45, 2.75) is 25.4 Å². The Bertz CT molecular complexity index is 1110. The summed E-state index contributed by atoms with van der Waals surface area (Å²) in [7, 11) is 0. The molecular weight excluding hydrogens is 450 g/mol. The molecule has 0 radical (unpaired) electrons. The zero-order chi connectivity index (χ0) is 20.7. The van der Waals surface area contributed by atoms with Crippen LogP contribution >= 0.6 is 15.9 Å². The summed E-state index contributed by atoms with van der Waals surface area (Å²) in [5.74, 6) is 1.33. The van der Waals surface area contributed by atoms with E-state index >= 15 is 0 Å². The van der Waals surface area contributed by atoms with E-state index in [-0.39, 0.29) is 12.5 Å². The molecule has 154 valence electrons. The van der Waals surface area contributed by atoms with Crippen molar-refractivity contribution in [1.29, 1.82) is 0 Å². The van der Waals surface area contributed by atoms with Crippen LogP contribution in [0.25, 0.3) is 11.2 Å². The number of nitrogens with one attached hydrogen (secondary N) is 2. The molecule has 0 spiro atoms. The quantitative estimate of drug-likeness (QED) is 0.584. The first kappa shape index (κ1) is 19.1. The number of rotatable bonds is 5. The van der Waals surface area contributed by atoms with E-state index in [1.165, 1.54) is 6.20 Å². The SMILES string of the molecule is Cc1nc(N2CC3CC2CN3)nc2ncc(NC(=O)COc3ccc(Br)cc3)nc12. The number of piperazine rings is 1. The first-order valence-corrected chi connectivity index (χ1v) is 10.5. The van der Waals surface area contributed by atoms with Crippen molar-refractivity contribution in [3.63, 3.8) is 0 Å². The standard InChI is InChI=1S/C20H20BrN7O2/c1-11-18-19(27-20(24-11)28-9-13-6-14(28)7-22-13)23-8-16(26-18)25-17(29)10-30-15-4-2-12(21)3-5-15/h2-5,8,13-14,22H,6-7,9-10H2,1H3,(H,25,26,29).